The van der Waals surface area contributed by atoms with Gasteiger partial charge >= 0.3 is 0 Å². The van der Waals surface area contributed by atoms with Crippen molar-refractivity contribution in [3.8, 4) is 0 Å². The third-order valence-electron chi connectivity index (χ3n) is 11.5. The molecule has 0 spiro atoms. The summed E-state index contributed by atoms with van der Waals surface area (Å²) < 4.78 is 0. The topological polar surface area (TPSA) is 9.72 Å². The van der Waals surface area contributed by atoms with Gasteiger partial charge in [-0.25, -0.2) is 0 Å². The van der Waals surface area contributed by atoms with Crippen LogP contribution in [-0.2, 0) is 36.5 Å². The number of nitrogens with zero attached hydrogens (tertiary/aromatic N) is 3. The van der Waals surface area contributed by atoms with E-state index >= 15 is 0 Å². The molecule has 0 aromatic heterocycles. The van der Waals surface area contributed by atoms with Gasteiger partial charge in [0.05, 0.1) is 0 Å². The maximum absolute atomic E-state index is 2.63. The molecule has 3 aromatic carbocycles. The summed E-state index contributed by atoms with van der Waals surface area (Å²) in [4.78, 5) is 7.75. The standard InChI is InChI=1S/C17H25N.C13H17N.C11H13N.3C2H6/c1-12-10-13-15-14(11-12)17(4,5)7-9-18(15)8-6-16(13,2)3;1-10-8-11-4-2-6-14-7-3-5-12(9-10)13(11)14;1-8-6-9-2-4-12-5-3-10(7-8)11(9)12;3*1-2/h10-11H,6-9H2,1-5H3;8-9H,2-7H2,1H3;6-7H,2-5H2,1H3;3*1-2H3. The molecule has 0 saturated heterocycles. The maximum Gasteiger partial charge on any atom is 0.0442 e. The first-order chi connectivity index (χ1) is 24.0. The highest BCUT2D eigenvalue weighted by Gasteiger charge is 2.39. The van der Waals surface area contributed by atoms with E-state index in [9.17, 15) is 0 Å². The molecule has 0 aliphatic carbocycles. The molecule has 6 heterocycles. The summed E-state index contributed by atoms with van der Waals surface area (Å²) in [7, 11) is 0. The van der Waals surface area contributed by atoms with E-state index in [1.807, 2.05) is 41.5 Å². The van der Waals surface area contributed by atoms with Gasteiger partial charge in [-0.3, -0.25) is 0 Å². The van der Waals surface area contributed by atoms with Crippen LogP contribution in [0.15, 0.2) is 36.4 Å². The van der Waals surface area contributed by atoms with E-state index in [4.69, 9.17) is 0 Å². The van der Waals surface area contributed by atoms with Gasteiger partial charge in [-0.2, -0.15) is 0 Å². The Morgan fingerprint density at radius 3 is 1.12 bits per heavy atom. The number of rotatable bonds is 0. The predicted molar refractivity (Wildman–Crippen MR) is 224 cm³/mol. The quantitative estimate of drug-likeness (QED) is 0.234. The van der Waals surface area contributed by atoms with Crippen LogP contribution < -0.4 is 14.7 Å². The molecule has 3 nitrogen and oxygen atoms in total. The zero-order valence-corrected chi connectivity index (χ0v) is 34.7. The third kappa shape index (κ3) is 8.24. The van der Waals surface area contributed by atoms with Gasteiger partial charge in [-0.1, -0.05) is 122 Å². The molecular formula is C47H73N3. The number of hydrogen-bond donors (Lipinski definition) is 0. The molecule has 0 saturated carbocycles. The molecule has 0 fully saturated rings. The van der Waals surface area contributed by atoms with E-state index in [2.05, 4.69) is 99.6 Å². The first-order valence-electron chi connectivity index (χ1n) is 20.7. The van der Waals surface area contributed by atoms with Crippen LogP contribution in [0.25, 0.3) is 0 Å². The lowest BCUT2D eigenvalue weighted by Crippen LogP contribution is -2.44. The number of anilines is 3. The van der Waals surface area contributed by atoms with Crippen LogP contribution in [0.5, 0.6) is 0 Å². The van der Waals surface area contributed by atoms with Crippen LogP contribution in [0.2, 0.25) is 0 Å². The zero-order chi connectivity index (χ0) is 36.8. The fraction of sp³-hybridized carbons (Fsp3) is 0.617. The van der Waals surface area contributed by atoms with Crippen LogP contribution >= 0.6 is 0 Å². The molecule has 0 bridgehead atoms. The molecule has 0 atom stereocenters. The van der Waals surface area contributed by atoms with Crippen molar-refractivity contribution in [1.29, 1.82) is 0 Å². The second-order valence-corrected chi connectivity index (χ2v) is 16.0. The van der Waals surface area contributed by atoms with Crippen LogP contribution in [0, 0.1) is 20.8 Å². The van der Waals surface area contributed by atoms with E-state index < -0.39 is 0 Å². The third-order valence-corrected chi connectivity index (χ3v) is 11.5. The minimum absolute atomic E-state index is 0.333. The Labute approximate surface area is 308 Å². The molecule has 0 N–H and O–H groups in total. The summed E-state index contributed by atoms with van der Waals surface area (Å²) in [6.07, 6.45) is 10.4. The molecule has 276 valence electrons. The van der Waals surface area contributed by atoms with Crippen LogP contribution in [-0.4, -0.2) is 39.3 Å². The smallest absolute Gasteiger partial charge is 0.0442 e. The minimum Gasteiger partial charge on any atom is -0.371 e. The summed E-state index contributed by atoms with van der Waals surface area (Å²) >= 11 is 0. The average molecular weight is 680 g/mol. The molecule has 0 amide bonds. The van der Waals surface area contributed by atoms with Gasteiger partial charge in [-0.05, 0) is 116 Å². The first kappa shape index (κ1) is 39.8. The number of aryl methyl sites for hydroxylation is 5. The van der Waals surface area contributed by atoms with Gasteiger partial charge in [0.2, 0.25) is 0 Å². The van der Waals surface area contributed by atoms with Crippen molar-refractivity contribution in [3.63, 3.8) is 0 Å². The molecule has 6 aliphatic rings. The molecule has 0 radical (unpaired) electrons. The second-order valence-electron chi connectivity index (χ2n) is 16.0. The normalized spacial score (nSPS) is 18.8. The molecule has 3 heteroatoms. The molecule has 6 aliphatic heterocycles. The second kappa shape index (κ2) is 17.1. The SMILES string of the molecule is CC.CC.CC.Cc1cc2c3c(c1)C(C)(C)CCN3CCC2(C)C.Cc1cc2c3c(c1)CCCN3CCC2.Cc1cc2c3c(c1)CCN3CC2. The molecule has 50 heavy (non-hydrogen) atoms. The average Bonchev–Trinajstić information content (AvgIpc) is 3.72. The lowest BCUT2D eigenvalue weighted by atomic mass is 9.69. The van der Waals surface area contributed by atoms with Crippen molar-refractivity contribution in [2.75, 3.05) is 54.0 Å². The minimum atomic E-state index is 0.333. The monoisotopic (exact) mass is 680 g/mol. The molecular weight excluding hydrogens is 607 g/mol. The molecule has 0 unspecified atom stereocenters. The fourth-order valence-electron chi connectivity index (χ4n) is 9.13. The van der Waals surface area contributed by atoms with Gasteiger partial charge in [-0.15, -0.1) is 0 Å². The number of benzene rings is 3. The largest absolute Gasteiger partial charge is 0.371 e. The van der Waals surface area contributed by atoms with Crippen LogP contribution in [0.1, 0.15) is 145 Å². The molecule has 3 aromatic rings. The summed E-state index contributed by atoms with van der Waals surface area (Å²) in [5, 5.41) is 0. The predicted octanol–water partition coefficient (Wildman–Crippen LogP) is 11.9. The van der Waals surface area contributed by atoms with Gasteiger partial charge in [0, 0.05) is 56.3 Å². The Hall–Kier alpha value is -2.94. The zero-order valence-electron chi connectivity index (χ0n) is 34.7. The summed E-state index contributed by atoms with van der Waals surface area (Å²) in [6.45, 7) is 35.8. The Balaban J connectivity index is 0.000000159. The van der Waals surface area contributed by atoms with Crippen molar-refractivity contribution in [2.45, 2.75) is 152 Å². The first-order valence-corrected chi connectivity index (χ1v) is 20.7. The van der Waals surface area contributed by atoms with E-state index in [1.54, 1.807) is 50.4 Å². The van der Waals surface area contributed by atoms with Crippen molar-refractivity contribution < 1.29 is 0 Å². The lowest BCUT2D eigenvalue weighted by Gasteiger charge is -2.48. The van der Waals surface area contributed by atoms with E-state index in [0.29, 0.717) is 10.8 Å². The van der Waals surface area contributed by atoms with Gasteiger partial charge in [0.1, 0.15) is 0 Å². The lowest BCUT2D eigenvalue weighted by molar-refractivity contribution is 0.401. The van der Waals surface area contributed by atoms with Gasteiger partial charge in [0.25, 0.3) is 0 Å². The Kier molecular flexibility index (Phi) is 13.6. The van der Waals surface area contributed by atoms with Crippen molar-refractivity contribution >= 4 is 17.1 Å². The Bertz CT molecular complexity index is 1480. The number of hydrogen-bond acceptors (Lipinski definition) is 3. The van der Waals surface area contributed by atoms with Crippen molar-refractivity contribution in [2.24, 2.45) is 0 Å². The van der Waals surface area contributed by atoms with Crippen molar-refractivity contribution in [3.05, 3.63) is 86.5 Å². The van der Waals surface area contributed by atoms with Gasteiger partial charge < -0.3 is 14.7 Å². The van der Waals surface area contributed by atoms with Crippen molar-refractivity contribution in [1.82, 2.24) is 0 Å². The highest BCUT2D eigenvalue weighted by molar-refractivity contribution is 5.69. The Morgan fingerprint density at radius 1 is 0.400 bits per heavy atom. The maximum atomic E-state index is 2.63. The van der Waals surface area contributed by atoms with Crippen LogP contribution in [0.3, 0.4) is 0 Å². The summed E-state index contributed by atoms with van der Waals surface area (Å²) in [6, 6.07) is 14.3. The van der Waals surface area contributed by atoms with E-state index in [0.717, 1.165) is 0 Å². The highest BCUT2D eigenvalue weighted by Crippen LogP contribution is 2.49. The summed E-state index contributed by atoms with van der Waals surface area (Å²) in [5.74, 6) is 0. The van der Waals surface area contributed by atoms with Crippen LogP contribution in [0.4, 0.5) is 17.1 Å². The molecule has 9 rings (SSSR count). The highest BCUT2D eigenvalue weighted by atomic mass is 15.2. The Morgan fingerprint density at radius 2 is 0.720 bits per heavy atom. The van der Waals surface area contributed by atoms with Gasteiger partial charge in [0.15, 0.2) is 0 Å². The van der Waals surface area contributed by atoms with E-state index in [-0.39, 0.29) is 0 Å². The summed E-state index contributed by atoms with van der Waals surface area (Å²) in [5.41, 5.74) is 19.2. The fourth-order valence-corrected chi connectivity index (χ4v) is 9.13. The van der Waals surface area contributed by atoms with E-state index in [1.165, 1.54) is 107 Å².